The zero-order chi connectivity index (χ0) is 13.2. The molecule has 0 amide bonds. The molecule has 1 aromatic heterocycles. The van der Waals surface area contributed by atoms with E-state index in [9.17, 15) is 0 Å². The molecule has 1 aliphatic rings. The van der Waals surface area contributed by atoms with E-state index in [0.29, 0.717) is 12.0 Å². The van der Waals surface area contributed by atoms with Crippen molar-refractivity contribution in [1.82, 2.24) is 20.4 Å². The molecule has 1 atom stereocenters. The first kappa shape index (κ1) is 13.5. The molecule has 0 bridgehead atoms. The third kappa shape index (κ3) is 3.29. The highest BCUT2D eigenvalue weighted by molar-refractivity contribution is 4.94. The van der Waals surface area contributed by atoms with Crippen LogP contribution in [0.15, 0.2) is 10.9 Å². The van der Waals surface area contributed by atoms with E-state index in [1.165, 1.54) is 6.33 Å². The van der Waals surface area contributed by atoms with Gasteiger partial charge in [0.15, 0.2) is 6.33 Å². The van der Waals surface area contributed by atoms with Crippen molar-refractivity contribution in [3.05, 3.63) is 12.2 Å². The van der Waals surface area contributed by atoms with Crippen molar-refractivity contribution in [2.45, 2.75) is 45.7 Å². The van der Waals surface area contributed by atoms with Gasteiger partial charge in [-0.15, -0.1) is 0 Å². The molecule has 1 saturated heterocycles. The van der Waals surface area contributed by atoms with Crippen molar-refractivity contribution in [3.63, 3.8) is 0 Å². The van der Waals surface area contributed by atoms with Crippen molar-refractivity contribution in [1.29, 1.82) is 0 Å². The maximum Gasteiger partial charge on any atom is 0.227 e. The minimum atomic E-state index is 0.181. The number of nitrogens with zero attached hydrogens (tertiary/aromatic N) is 3. The van der Waals surface area contributed by atoms with E-state index >= 15 is 0 Å². The van der Waals surface area contributed by atoms with Crippen LogP contribution in [0.1, 0.15) is 33.6 Å². The second kappa shape index (κ2) is 5.36. The van der Waals surface area contributed by atoms with Crippen molar-refractivity contribution >= 4 is 0 Å². The van der Waals surface area contributed by atoms with Crippen molar-refractivity contribution in [3.8, 4) is 0 Å². The Morgan fingerprint density at radius 1 is 1.56 bits per heavy atom. The van der Waals surface area contributed by atoms with Gasteiger partial charge in [0.2, 0.25) is 5.89 Å². The zero-order valence-corrected chi connectivity index (χ0v) is 11.8. The molecule has 1 aliphatic heterocycles. The maximum absolute atomic E-state index is 5.07. The lowest BCUT2D eigenvalue weighted by atomic mass is 9.93. The molecule has 1 unspecified atom stereocenters. The molecule has 2 heterocycles. The van der Waals surface area contributed by atoms with Crippen LogP contribution >= 0.6 is 0 Å². The first-order valence-corrected chi connectivity index (χ1v) is 6.72. The van der Waals surface area contributed by atoms with Gasteiger partial charge in [0.25, 0.3) is 0 Å². The van der Waals surface area contributed by atoms with Crippen LogP contribution in [-0.4, -0.2) is 46.3 Å². The van der Waals surface area contributed by atoms with Crippen LogP contribution in [0.4, 0.5) is 0 Å². The molecule has 0 aliphatic carbocycles. The fourth-order valence-corrected chi connectivity index (χ4v) is 2.64. The number of aromatic nitrogens is 2. The second-order valence-corrected chi connectivity index (χ2v) is 6.13. The molecule has 102 valence electrons. The Morgan fingerprint density at radius 2 is 2.33 bits per heavy atom. The number of piperazine rings is 1. The summed E-state index contributed by atoms with van der Waals surface area (Å²) in [6.45, 7) is 12.2. The Kier molecular flexibility index (Phi) is 4.02. The third-order valence-electron chi connectivity index (χ3n) is 3.65. The van der Waals surface area contributed by atoms with E-state index in [1.807, 2.05) is 0 Å². The van der Waals surface area contributed by atoms with E-state index in [2.05, 4.69) is 48.1 Å². The average molecular weight is 252 g/mol. The van der Waals surface area contributed by atoms with Crippen LogP contribution in [0.2, 0.25) is 0 Å². The van der Waals surface area contributed by atoms with Crippen molar-refractivity contribution < 1.29 is 4.52 Å². The van der Waals surface area contributed by atoms with Crippen LogP contribution in [0.3, 0.4) is 0 Å². The lowest BCUT2D eigenvalue weighted by molar-refractivity contribution is 0.0686. The molecule has 18 heavy (non-hydrogen) atoms. The summed E-state index contributed by atoms with van der Waals surface area (Å²) in [5, 5.41) is 7.27. The SMILES string of the molecule is CC(C)C1CNC(C)(C)CN1CCc1ncno1. The molecule has 0 radical (unpaired) electrons. The van der Waals surface area contributed by atoms with Crippen LogP contribution < -0.4 is 5.32 Å². The van der Waals surface area contributed by atoms with E-state index < -0.39 is 0 Å². The lowest BCUT2D eigenvalue weighted by Gasteiger charge is -2.46. The molecule has 0 saturated carbocycles. The van der Waals surface area contributed by atoms with Crippen LogP contribution in [-0.2, 0) is 6.42 Å². The molecule has 1 fully saturated rings. The van der Waals surface area contributed by atoms with E-state index in [1.54, 1.807) is 0 Å². The first-order chi connectivity index (χ1) is 8.48. The quantitative estimate of drug-likeness (QED) is 0.876. The summed E-state index contributed by atoms with van der Waals surface area (Å²) in [7, 11) is 0. The summed E-state index contributed by atoms with van der Waals surface area (Å²) in [4.78, 5) is 6.63. The van der Waals surface area contributed by atoms with Gasteiger partial charge in [0, 0.05) is 37.6 Å². The van der Waals surface area contributed by atoms with Crippen LogP contribution in [0, 0.1) is 5.92 Å². The number of hydrogen-bond donors (Lipinski definition) is 1. The van der Waals surface area contributed by atoms with E-state index in [4.69, 9.17) is 4.52 Å². The Morgan fingerprint density at radius 3 is 2.94 bits per heavy atom. The maximum atomic E-state index is 5.07. The Bertz CT molecular complexity index is 361. The molecular weight excluding hydrogens is 228 g/mol. The van der Waals surface area contributed by atoms with E-state index in [-0.39, 0.29) is 5.54 Å². The van der Waals surface area contributed by atoms with Gasteiger partial charge in [-0.2, -0.15) is 4.98 Å². The molecule has 1 N–H and O–H groups in total. The summed E-state index contributed by atoms with van der Waals surface area (Å²) in [5.41, 5.74) is 0.181. The van der Waals surface area contributed by atoms with Gasteiger partial charge in [0.05, 0.1) is 0 Å². The Balaban J connectivity index is 1.96. The minimum Gasteiger partial charge on any atom is -0.340 e. The molecule has 5 nitrogen and oxygen atoms in total. The third-order valence-corrected chi connectivity index (χ3v) is 3.65. The fourth-order valence-electron chi connectivity index (χ4n) is 2.64. The molecular formula is C13H24N4O. The Labute approximate surface area is 109 Å². The van der Waals surface area contributed by atoms with Gasteiger partial charge in [0.1, 0.15) is 0 Å². The largest absolute Gasteiger partial charge is 0.340 e. The van der Waals surface area contributed by atoms with Crippen molar-refractivity contribution in [2.75, 3.05) is 19.6 Å². The first-order valence-electron chi connectivity index (χ1n) is 6.72. The number of nitrogens with one attached hydrogen (secondary N) is 1. The number of hydrogen-bond acceptors (Lipinski definition) is 5. The van der Waals surface area contributed by atoms with Gasteiger partial charge in [-0.3, -0.25) is 4.90 Å². The highest BCUT2D eigenvalue weighted by Gasteiger charge is 2.33. The molecule has 2 rings (SSSR count). The predicted octanol–water partition coefficient (Wildman–Crippen LogP) is 1.32. The van der Waals surface area contributed by atoms with E-state index in [0.717, 1.165) is 31.9 Å². The van der Waals surface area contributed by atoms with Crippen LogP contribution in [0.5, 0.6) is 0 Å². The van der Waals surface area contributed by atoms with Crippen molar-refractivity contribution in [2.24, 2.45) is 5.92 Å². The molecule has 0 aromatic carbocycles. The number of rotatable bonds is 4. The summed E-state index contributed by atoms with van der Waals surface area (Å²) >= 11 is 0. The summed E-state index contributed by atoms with van der Waals surface area (Å²) in [5.74, 6) is 1.38. The normalized spacial score (nSPS) is 24.6. The predicted molar refractivity (Wildman–Crippen MR) is 70.3 cm³/mol. The minimum absolute atomic E-state index is 0.181. The summed E-state index contributed by atoms with van der Waals surface area (Å²) in [6, 6.07) is 0.584. The van der Waals surface area contributed by atoms with Gasteiger partial charge in [-0.25, -0.2) is 0 Å². The van der Waals surface area contributed by atoms with Crippen LogP contribution in [0.25, 0.3) is 0 Å². The summed E-state index contributed by atoms with van der Waals surface area (Å²) in [6.07, 6.45) is 2.30. The average Bonchev–Trinajstić information content (AvgIpc) is 2.77. The standard InChI is InChI=1S/C13H24N4O/c1-10(2)11-7-15-13(3,4)8-17(11)6-5-12-14-9-16-18-12/h9-11,15H,5-8H2,1-4H3. The molecule has 5 heteroatoms. The lowest BCUT2D eigenvalue weighted by Crippen LogP contribution is -2.63. The van der Waals surface area contributed by atoms with Gasteiger partial charge in [-0.1, -0.05) is 19.0 Å². The smallest absolute Gasteiger partial charge is 0.227 e. The molecule has 1 aromatic rings. The van der Waals surface area contributed by atoms with Gasteiger partial charge < -0.3 is 9.84 Å². The van der Waals surface area contributed by atoms with Gasteiger partial charge >= 0.3 is 0 Å². The fraction of sp³-hybridized carbons (Fsp3) is 0.846. The Hall–Kier alpha value is -0.940. The zero-order valence-electron chi connectivity index (χ0n) is 11.8. The molecule has 0 spiro atoms. The topological polar surface area (TPSA) is 54.2 Å². The highest BCUT2D eigenvalue weighted by atomic mass is 16.5. The summed E-state index contributed by atoms with van der Waals surface area (Å²) < 4.78 is 5.07. The second-order valence-electron chi connectivity index (χ2n) is 6.13. The monoisotopic (exact) mass is 252 g/mol. The van der Waals surface area contributed by atoms with Gasteiger partial charge in [-0.05, 0) is 19.8 Å². The highest BCUT2D eigenvalue weighted by Crippen LogP contribution is 2.20.